The highest BCUT2D eigenvalue weighted by Gasteiger charge is 2.35. The maximum atomic E-state index is 13.4. The van der Waals surface area contributed by atoms with E-state index in [9.17, 15) is 18.0 Å². The highest BCUT2D eigenvalue weighted by atomic mass is 32.2. The van der Waals surface area contributed by atoms with Gasteiger partial charge in [-0.3, -0.25) is 9.59 Å². The first kappa shape index (κ1) is 22.3. The molecular formula is C23H27N3O5S. The fourth-order valence-electron chi connectivity index (χ4n) is 4.20. The van der Waals surface area contributed by atoms with Crippen molar-refractivity contribution in [2.45, 2.75) is 38.5 Å². The summed E-state index contributed by atoms with van der Waals surface area (Å²) < 4.78 is 33.6. The van der Waals surface area contributed by atoms with Crippen LogP contribution in [0.2, 0.25) is 0 Å². The van der Waals surface area contributed by atoms with Crippen molar-refractivity contribution in [1.82, 2.24) is 4.31 Å². The van der Waals surface area contributed by atoms with E-state index in [1.807, 2.05) is 32.0 Å². The molecule has 1 saturated heterocycles. The number of ether oxygens (including phenoxy) is 1. The van der Waals surface area contributed by atoms with Gasteiger partial charge < -0.3 is 15.4 Å². The van der Waals surface area contributed by atoms with Gasteiger partial charge in [0.1, 0.15) is 5.75 Å². The third-order valence-electron chi connectivity index (χ3n) is 5.92. The molecule has 2 heterocycles. The van der Waals surface area contributed by atoms with E-state index >= 15 is 0 Å². The van der Waals surface area contributed by atoms with Crippen LogP contribution in [0.1, 0.15) is 29.5 Å². The highest BCUT2D eigenvalue weighted by Crippen LogP contribution is 2.35. The van der Waals surface area contributed by atoms with Crippen LogP contribution in [0.3, 0.4) is 0 Å². The van der Waals surface area contributed by atoms with Crippen molar-refractivity contribution in [2.75, 3.05) is 30.3 Å². The van der Waals surface area contributed by atoms with Gasteiger partial charge >= 0.3 is 0 Å². The van der Waals surface area contributed by atoms with Gasteiger partial charge in [-0.1, -0.05) is 17.7 Å². The zero-order valence-corrected chi connectivity index (χ0v) is 19.2. The Morgan fingerprint density at radius 2 is 1.94 bits per heavy atom. The number of fused-ring (bicyclic) bond motifs is 1. The second kappa shape index (κ2) is 8.55. The van der Waals surface area contributed by atoms with E-state index in [1.165, 1.54) is 10.4 Å². The molecule has 2 aliphatic rings. The molecule has 1 unspecified atom stereocenters. The Balaban J connectivity index is 1.53. The molecule has 0 spiro atoms. The minimum atomic E-state index is -3.83. The van der Waals surface area contributed by atoms with Crippen molar-refractivity contribution in [2.24, 2.45) is 5.92 Å². The SMILES string of the molecule is Cc1ccc(NC(=O)C2CCCN(S(=O)(=O)c3cc4c(cc3C)NC(=O)CO4)C2)c(C)c1. The Hall–Kier alpha value is -2.91. The molecule has 2 N–H and O–H groups in total. The van der Waals surface area contributed by atoms with E-state index in [0.717, 1.165) is 16.8 Å². The van der Waals surface area contributed by atoms with Crippen molar-refractivity contribution < 1.29 is 22.7 Å². The second-order valence-corrected chi connectivity index (χ2v) is 10.4. The number of nitrogens with one attached hydrogen (secondary N) is 2. The van der Waals surface area contributed by atoms with Crippen molar-refractivity contribution in [3.05, 3.63) is 47.0 Å². The molecule has 1 atom stereocenters. The van der Waals surface area contributed by atoms with Gasteiger partial charge in [-0.2, -0.15) is 4.31 Å². The topological polar surface area (TPSA) is 105 Å². The molecule has 2 aromatic carbocycles. The van der Waals surface area contributed by atoms with Crippen LogP contribution >= 0.6 is 0 Å². The zero-order valence-electron chi connectivity index (χ0n) is 18.4. The first-order chi connectivity index (χ1) is 15.1. The van der Waals surface area contributed by atoms with Crippen LogP contribution in [0.5, 0.6) is 5.75 Å². The number of benzene rings is 2. The summed E-state index contributed by atoms with van der Waals surface area (Å²) in [5.41, 5.74) is 3.79. The predicted molar refractivity (Wildman–Crippen MR) is 121 cm³/mol. The zero-order chi connectivity index (χ0) is 23.0. The van der Waals surface area contributed by atoms with Gasteiger partial charge in [-0.15, -0.1) is 0 Å². The fourth-order valence-corrected chi connectivity index (χ4v) is 5.94. The lowest BCUT2D eigenvalue weighted by molar-refractivity contribution is -0.121. The summed E-state index contributed by atoms with van der Waals surface area (Å²) in [6.07, 6.45) is 1.22. The van der Waals surface area contributed by atoms with Crippen LogP contribution in [0, 0.1) is 26.7 Å². The van der Waals surface area contributed by atoms with Crippen molar-refractivity contribution in [3.8, 4) is 5.75 Å². The monoisotopic (exact) mass is 457 g/mol. The van der Waals surface area contributed by atoms with E-state index in [2.05, 4.69) is 10.6 Å². The van der Waals surface area contributed by atoms with Gasteiger partial charge in [0.2, 0.25) is 15.9 Å². The number of rotatable bonds is 4. The maximum Gasteiger partial charge on any atom is 0.262 e. The molecule has 2 amide bonds. The Morgan fingerprint density at radius 1 is 1.16 bits per heavy atom. The third kappa shape index (κ3) is 4.35. The molecule has 1 fully saturated rings. The summed E-state index contributed by atoms with van der Waals surface area (Å²) >= 11 is 0. The lowest BCUT2D eigenvalue weighted by Crippen LogP contribution is -2.44. The van der Waals surface area contributed by atoms with Crippen LogP contribution < -0.4 is 15.4 Å². The van der Waals surface area contributed by atoms with Gasteiger partial charge in [0, 0.05) is 24.8 Å². The molecule has 0 aromatic heterocycles. The predicted octanol–water partition coefficient (Wildman–Crippen LogP) is 2.98. The number of piperidine rings is 1. The number of aryl methyl sites for hydroxylation is 3. The average Bonchev–Trinajstić information content (AvgIpc) is 2.75. The summed E-state index contributed by atoms with van der Waals surface area (Å²) in [4.78, 5) is 24.6. The Kier molecular flexibility index (Phi) is 5.96. The molecule has 4 rings (SSSR count). The molecule has 2 aliphatic heterocycles. The lowest BCUT2D eigenvalue weighted by Gasteiger charge is -2.32. The first-order valence-corrected chi connectivity index (χ1v) is 12.0. The highest BCUT2D eigenvalue weighted by molar-refractivity contribution is 7.89. The summed E-state index contributed by atoms with van der Waals surface area (Å²) in [6, 6.07) is 8.86. The van der Waals surface area contributed by atoms with Crippen LogP contribution in [0.4, 0.5) is 11.4 Å². The van der Waals surface area contributed by atoms with Gasteiger partial charge in [0.05, 0.1) is 16.5 Å². The summed E-state index contributed by atoms with van der Waals surface area (Å²) in [5.74, 6) is -0.561. The minimum absolute atomic E-state index is 0.118. The second-order valence-electron chi connectivity index (χ2n) is 8.46. The van der Waals surface area contributed by atoms with E-state index in [-0.39, 0.29) is 29.9 Å². The van der Waals surface area contributed by atoms with E-state index in [0.29, 0.717) is 36.4 Å². The largest absolute Gasteiger partial charge is 0.482 e. The number of anilines is 2. The quantitative estimate of drug-likeness (QED) is 0.734. The van der Waals surface area contributed by atoms with Crippen molar-refractivity contribution in [3.63, 3.8) is 0 Å². The molecule has 32 heavy (non-hydrogen) atoms. The smallest absolute Gasteiger partial charge is 0.262 e. The van der Waals surface area contributed by atoms with Gasteiger partial charge in [0.15, 0.2) is 6.61 Å². The maximum absolute atomic E-state index is 13.4. The number of carbonyl (C=O) groups excluding carboxylic acids is 2. The molecule has 0 aliphatic carbocycles. The molecule has 9 heteroatoms. The first-order valence-electron chi connectivity index (χ1n) is 10.6. The summed E-state index contributed by atoms with van der Waals surface area (Å²) in [5, 5.41) is 5.64. The van der Waals surface area contributed by atoms with Crippen LogP contribution in [-0.2, 0) is 19.6 Å². The van der Waals surface area contributed by atoms with Gasteiger partial charge in [0.25, 0.3) is 5.91 Å². The lowest BCUT2D eigenvalue weighted by atomic mass is 9.98. The van der Waals surface area contributed by atoms with E-state index in [1.54, 1.807) is 13.0 Å². The van der Waals surface area contributed by atoms with E-state index < -0.39 is 15.9 Å². The Labute approximate surface area is 188 Å². The van der Waals surface area contributed by atoms with Crippen LogP contribution in [0.25, 0.3) is 0 Å². The number of nitrogens with zero attached hydrogens (tertiary/aromatic N) is 1. The summed E-state index contributed by atoms with van der Waals surface area (Å²) in [6.45, 7) is 5.92. The minimum Gasteiger partial charge on any atom is -0.482 e. The Bertz CT molecular complexity index is 1190. The molecule has 2 aromatic rings. The molecule has 0 radical (unpaired) electrons. The number of hydrogen-bond donors (Lipinski definition) is 2. The van der Waals surface area contributed by atoms with Crippen LogP contribution in [-0.4, -0.2) is 44.2 Å². The van der Waals surface area contributed by atoms with Gasteiger partial charge in [-0.05, 0) is 56.9 Å². The third-order valence-corrected chi connectivity index (χ3v) is 7.93. The average molecular weight is 458 g/mol. The molecule has 0 saturated carbocycles. The fraction of sp³-hybridized carbons (Fsp3) is 0.391. The van der Waals surface area contributed by atoms with E-state index in [4.69, 9.17) is 4.74 Å². The standard InChI is InChI=1S/C23H27N3O5S/c1-14-6-7-18(15(2)9-14)25-23(28)17-5-4-8-26(12-17)32(29,30)21-11-20-19(10-16(21)3)24-22(27)13-31-20/h6-7,9-11,17H,4-5,8,12-13H2,1-3H3,(H,24,27)(H,25,28). The molecule has 0 bridgehead atoms. The van der Waals surface area contributed by atoms with Crippen molar-refractivity contribution in [1.29, 1.82) is 0 Å². The number of amides is 2. The summed E-state index contributed by atoms with van der Waals surface area (Å²) in [7, 11) is -3.83. The molecular weight excluding hydrogens is 430 g/mol. The number of hydrogen-bond acceptors (Lipinski definition) is 5. The molecule has 8 nitrogen and oxygen atoms in total. The number of carbonyl (C=O) groups is 2. The Morgan fingerprint density at radius 3 is 2.69 bits per heavy atom. The normalized spacial score (nSPS) is 19.0. The van der Waals surface area contributed by atoms with Crippen molar-refractivity contribution >= 4 is 33.2 Å². The number of sulfonamides is 1. The van der Waals surface area contributed by atoms with Gasteiger partial charge in [-0.25, -0.2) is 8.42 Å². The van der Waals surface area contributed by atoms with Crippen LogP contribution in [0.15, 0.2) is 35.2 Å². The molecule has 170 valence electrons.